The Morgan fingerprint density at radius 3 is 2.55 bits per heavy atom. The minimum atomic E-state index is -0.690. The Labute approximate surface area is 182 Å². The number of rotatable bonds is 4. The molecule has 3 N–H and O–H groups in total. The van der Waals surface area contributed by atoms with Crippen molar-refractivity contribution in [3.8, 4) is 11.6 Å². The van der Waals surface area contributed by atoms with Crippen LogP contribution in [0.25, 0.3) is 5.69 Å². The molecule has 2 atom stereocenters. The van der Waals surface area contributed by atoms with Crippen LogP contribution >= 0.6 is 0 Å². The van der Waals surface area contributed by atoms with Crippen LogP contribution in [-0.4, -0.2) is 34.1 Å². The van der Waals surface area contributed by atoms with Crippen LogP contribution in [0, 0.1) is 6.92 Å². The molecule has 162 valence electrons. The Hall–Kier alpha value is -3.32. The number of methoxy groups -OCH3 is 1. The van der Waals surface area contributed by atoms with E-state index in [9.17, 15) is 9.90 Å². The predicted octanol–water partition coefficient (Wildman–Crippen LogP) is 4.09. The van der Waals surface area contributed by atoms with E-state index in [0.717, 1.165) is 16.8 Å². The SMILES string of the molecule is COc1nn(-c2ccccc2)c(NC(=O)NC2c3ccccc3C(C)(C)CC2O)c1C. The summed E-state index contributed by atoms with van der Waals surface area (Å²) in [5.41, 5.74) is 3.42. The van der Waals surface area contributed by atoms with Crippen molar-refractivity contribution < 1.29 is 14.6 Å². The minimum Gasteiger partial charge on any atom is -0.480 e. The van der Waals surface area contributed by atoms with E-state index < -0.39 is 18.2 Å². The van der Waals surface area contributed by atoms with Gasteiger partial charge in [-0.2, -0.15) is 0 Å². The molecule has 7 nitrogen and oxygen atoms in total. The van der Waals surface area contributed by atoms with E-state index >= 15 is 0 Å². The van der Waals surface area contributed by atoms with E-state index in [4.69, 9.17) is 4.74 Å². The molecule has 2 aromatic carbocycles. The lowest BCUT2D eigenvalue weighted by atomic mass is 9.70. The highest BCUT2D eigenvalue weighted by Crippen LogP contribution is 2.41. The molecule has 0 saturated carbocycles. The van der Waals surface area contributed by atoms with E-state index in [1.54, 1.807) is 11.8 Å². The first-order valence-electron chi connectivity index (χ1n) is 10.4. The van der Waals surface area contributed by atoms with Gasteiger partial charge in [-0.05, 0) is 42.0 Å². The fraction of sp³-hybridized carbons (Fsp3) is 0.333. The number of aromatic nitrogens is 2. The van der Waals surface area contributed by atoms with Gasteiger partial charge in [0.05, 0.1) is 30.5 Å². The van der Waals surface area contributed by atoms with Crippen LogP contribution in [0.5, 0.6) is 5.88 Å². The molecule has 0 radical (unpaired) electrons. The van der Waals surface area contributed by atoms with Crippen LogP contribution in [0.15, 0.2) is 54.6 Å². The third kappa shape index (κ3) is 3.88. The lowest BCUT2D eigenvalue weighted by molar-refractivity contribution is 0.0883. The molecule has 3 aromatic rings. The Morgan fingerprint density at radius 1 is 1.16 bits per heavy atom. The number of anilines is 1. The van der Waals surface area contributed by atoms with Crippen LogP contribution in [0.4, 0.5) is 10.6 Å². The number of amides is 2. The molecule has 4 rings (SSSR count). The molecule has 1 heterocycles. The van der Waals surface area contributed by atoms with E-state index in [0.29, 0.717) is 23.7 Å². The summed E-state index contributed by atoms with van der Waals surface area (Å²) < 4.78 is 7.00. The Bertz CT molecular complexity index is 1090. The van der Waals surface area contributed by atoms with Gasteiger partial charge in [-0.25, -0.2) is 9.48 Å². The highest BCUT2D eigenvalue weighted by atomic mass is 16.5. The maximum Gasteiger partial charge on any atom is 0.320 e. The van der Waals surface area contributed by atoms with Gasteiger partial charge in [0.2, 0.25) is 5.88 Å². The molecule has 1 aliphatic rings. The maximum absolute atomic E-state index is 13.0. The largest absolute Gasteiger partial charge is 0.480 e. The number of aliphatic hydroxyl groups is 1. The van der Waals surface area contributed by atoms with Crippen molar-refractivity contribution in [1.82, 2.24) is 15.1 Å². The highest BCUT2D eigenvalue weighted by molar-refractivity contribution is 5.90. The fourth-order valence-electron chi connectivity index (χ4n) is 4.37. The number of nitrogens with zero attached hydrogens (tertiary/aromatic N) is 2. The zero-order valence-electron chi connectivity index (χ0n) is 18.2. The van der Waals surface area contributed by atoms with Gasteiger partial charge in [-0.3, -0.25) is 5.32 Å². The quantitative estimate of drug-likeness (QED) is 0.593. The number of nitrogens with one attached hydrogen (secondary N) is 2. The number of carbonyl (C=O) groups is 1. The van der Waals surface area contributed by atoms with Crippen molar-refractivity contribution in [2.24, 2.45) is 0 Å². The number of fused-ring (bicyclic) bond motifs is 1. The van der Waals surface area contributed by atoms with Gasteiger partial charge in [-0.15, -0.1) is 5.10 Å². The molecule has 2 amide bonds. The summed E-state index contributed by atoms with van der Waals surface area (Å²) in [6.45, 7) is 6.06. The zero-order valence-corrected chi connectivity index (χ0v) is 18.2. The number of hydrogen-bond donors (Lipinski definition) is 3. The second-order valence-electron chi connectivity index (χ2n) is 8.55. The summed E-state index contributed by atoms with van der Waals surface area (Å²) >= 11 is 0. The maximum atomic E-state index is 13.0. The first-order valence-corrected chi connectivity index (χ1v) is 10.4. The summed E-state index contributed by atoms with van der Waals surface area (Å²) in [6.07, 6.45) is -0.130. The van der Waals surface area contributed by atoms with E-state index in [-0.39, 0.29) is 5.41 Å². The molecular formula is C24H28N4O3. The molecule has 0 fully saturated rings. The number of para-hydroxylation sites is 1. The average molecular weight is 421 g/mol. The van der Waals surface area contributed by atoms with Gasteiger partial charge in [-0.1, -0.05) is 56.3 Å². The van der Waals surface area contributed by atoms with Gasteiger partial charge >= 0.3 is 6.03 Å². The second kappa shape index (κ2) is 8.07. The number of aliphatic hydroxyl groups excluding tert-OH is 1. The van der Waals surface area contributed by atoms with Crippen molar-refractivity contribution in [2.45, 2.75) is 44.8 Å². The van der Waals surface area contributed by atoms with Gasteiger partial charge in [0, 0.05) is 0 Å². The molecule has 7 heteroatoms. The van der Waals surface area contributed by atoms with Gasteiger partial charge in [0.25, 0.3) is 0 Å². The number of benzene rings is 2. The average Bonchev–Trinajstić information content (AvgIpc) is 3.07. The van der Waals surface area contributed by atoms with Crippen LogP contribution < -0.4 is 15.4 Å². The number of urea groups is 1. The molecule has 1 aliphatic carbocycles. The summed E-state index contributed by atoms with van der Waals surface area (Å²) in [6, 6.07) is 16.6. The molecular weight excluding hydrogens is 392 g/mol. The molecule has 1 aromatic heterocycles. The smallest absolute Gasteiger partial charge is 0.320 e. The Morgan fingerprint density at radius 2 is 1.84 bits per heavy atom. The minimum absolute atomic E-state index is 0.166. The van der Waals surface area contributed by atoms with Crippen molar-refractivity contribution >= 4 is 11.8 Å². The second-order valence-corrected chi connectivity index (χ2v) is 8.55. The van der Waals surface area contributed by atoms with Gasteiger partial charge in [0.1, 0.15) is 5.82 Å². The molecule has 31 heavy (non-hydrogen) atoms. The normalized spacial score (nSPS) is 19.4. The third-order valence-electron chi connectivity index (χ3n) is 5.92. The zero-order chi connectivity index (χ0) is 22.2. The first-order chi connectivity index (χ1) is 14.8. The Kier molecular flexibility index (Phi) is 5.45. The molecule has 0 saturated heterocycles. The topological polar surface area (TPSA) is 88.4 Å². The fourth-order valence-corrected chi connectivity index (χ4v) is 4.37. The summed E-state index contributed by atoms with van der Waals surface area (Å²) in [7, 11) is 1.55. The summed E-state index contributed by atoms with van der Waals surface area (Å²) in [5, 5.41) is 21.2. The van der Waals surface area contributed by atoms with Crippen molar-refractivity contribution in [1.29, 1.82) is 0 Å². The number of ether oxygens (including phenoxy) is 1. The van der Waals surface area contributed by atoms with Crippen LogP contribution in [0.2, 0.25) is 0 Å². The number of hydrogen-bond acceptors (Lipinski definition) is 4. The van der Waals surface area contributed by atoms with E-state index in [1.807, 2.05) is 55.5 Å². The standard InChI is InChI=1S/C24H28N4O3/c1-15-21(28(27-22(15)31-4)16-10-6-5-7-11-16)26-23(30)25-20-17-12-8-9-13-18(17)24(2,3)14-19(20)29/h5-13,19-20,29H,14H2,1-4H3,(H2,25,26,30). The monoisotopic (exact) mass is 420 g/mol. The lowest BCUT2D eigenvalue weighted by Crippen LogP contribution is -2.45. The molecule has 2 unspecified atom stereocenters. The van der Waals surface area contributed by atoms with Crippen LogP contribution in [0.3, 0.4) is 0 Å². The summed E-state index contributed by atoms with van der Waals surface area (Å²) in [4.78, 5) is 13.0. The van der Waals surface area contributed by atoms with Crippen molar-refractivity contribution in [3.05, 3.63) is 71.3 Å². The predicted molar refractivity (Wildman–Crippen MR) is 120 cm³/mol. The number of carbonyl (C=O) groups excluding carboxylic acids is 1. The lowest BCUT2D eigenvalue weighted by Gasteiger charge is -2.40. The summed E-state index contributed by atoms with van der Waals surface area (Å²) in [5.74, 6) is 0.948. The molecule has 0 aliphatic heterocycles. The van der Waals surface area contributed by atoms with E-state index in [1.165, 1.54) is 0 Å². The third-order valence-corrected chi connectivity index (χ3v) is 5.92. The van der Waals surface area contributed by atoms with Gasteiger partial charge in [0.15, 0.2) is 0 Å². The van der Waals surface area contributed by atoms with Crippen LogP contribution in [0.1, 0.15) is 43.0 Å². The first kappa shape index (κ1) is 20.9. The molecule has 0 spiro atoms. The Balaban J connectivity index is 1.62. The van der Waals surface area contributed by atoms with Crippen molar-refractivity contribution in [2.75, 3.05) is 12.4 Å². The van der Waals surface area contributed by atoms with Crippen molar-refractivity contribution in [3.63, 3.8) is 0 Å². The molecule has 0 bridgehead atoms. The van der Waals surface area contributed by atoms with E-state index in [2.05, 4.69) is 35.6 Å². The van der Waals surface area contributed by atoms with Gasteiger partial charge < -0.3 is 15.2 Å². The van der Waals surface area contributed by atoms with Crippen LogP contribution in [-0.2, 0) is 5.41 Å². The highest BCUT2D eigenvalue weighted by Gasteiger charge is 2.39.